The lowest BCUT2D eigenvalue weighted by molar-refractivity contribution is 0.260. The van der Waals surface area contributed by atoms with Gasteiger partial charge in [-0.25, -0.2) is 4.98 Å². The van der Waals surface area contributed by atoms with Crippen LogP contribution in [-0.4, -0.2) is 54.2 Å². The van der Waals surface area contributed by atoms with Gasteiger partial charge in [0.25, 0.3) is 0 Å². The van der Waals surface area contributed by atoms with Crippen molar-refractivity contribution in [3.63, 3.8) is 0 Å². The molecular weight excluding hydrogens is 284 g/mol. The summed E-state index contributed by atoms with van der Waals surface area (Å²) in [5.74, 6) is 1.90. The predicted molar refractivity (Wildman–Crippen MR) is 97.0 cm³/mol. The lowest BCUT2D eigenvalue weighted by atomic mass is 10.0. The minimum absolute atomic E-state index is 0.658. The van der Waals surface area contributed by atoms with Gasteiger partial charge in [0.1, 0.15) is 5.82 Å². The van der Waals surface area contributed by atoms with Crippen LogP contribution in [0.15, 0.2) is 18.2 Å². The molecule has 2 aliphatic heterocycles. The molecule has 3 heterocycles. The maximum atomic E-state index is 4.67. The molecule has 128 valence electrons. The highest BCUT2D eigenvalue weighted by atomic mass is 15.2. The van der Waals surface area contributed by atoms with Crippen LogP contribution >= 0.6 is 0 Å². The monoisotopic (exact) mass is 316 g/mol. The second-order valence-corrected chi connectivity index (χ2v) is 7.70. The highest BCUT2D eigenvalue weighted by molar-refractivity contribution is 5.39. The average molecular weight is 316 g/mol. The Morgan fingerprint density at radius 2 is 1.91 bits per heavy atom. The van der Waals surface area contributed by atoms with Crippen molar-refractivity contribution in [2.75, 3.05) is 31.1 Å². The van der Waals surface area contributed by atoms with Crippen molar-refractivity contribution in [3.8, 4) is 0 Å². The molecule has 23 heavy (non-hydrogen) atoms. The summed E-state index contributed by atoms with van der Waals surface area (Å²) in [6, 6.07) is 8.31. The van der Waals surface area contributed by atoms with Crippen LogP contribution in [0.1, 0.15) is 39.3 Å². The summed E-state index contributed by atoms with van der Waals surface area (Å²) in [4.78, 5) is 9.70. The Morgan fingerprint density at radius 1 is 1.17 bits per heavy atom. The van der Waals surface area contributed by atoms with Gasteiger partial charge in [0.2, 0.25) is 0 Å². The Morgan fingerprint density at radius 3 is 2.52 bits per heavy atom. The number of likely N-dealkylation sites (tertiary alicyclic amines) is 1. The maximum Gasteiger partial charge on any atom is 0.128 e. The molecule has 0 aliphatic carbocycles. The fourth-order valence-corrected chi connectivity index (χ4v) is 3.93. The van der Waals surface area contributed by atoms with Gasteiger partial charge in [-0.05, 0) is 51.7 Å². The molecule has 1 aromatic heterocycles. The summed E-state index contributed by atoms with van der Waals surface area (Å²) < 4.78 is 0. The number of nitrogens with one attached hydrogen (secondary N) is 1. The predicted octanol–water partition coefficient (Wildman–Crippen LogP) is 2.68. The summed E-state index contributed by atoms with van der Waals surface area (Å²) in [7, 11) is 0. The Balaban J connectivity index is 1.50. The van der Waals surface area contributed by atoms with Gasteiger partial charge in [-0.15, -0.1) is 0 Å². The third-order valence-corrected chi connectivity index (χ3v) is 5.51. The first kappa shape index (κ1) is 16.7. The Kier molecular flexibility index (Phi) is 5.22. The molecule has 0 spiro atoms. The largest absolute Gasteiger partial charge is 0.356 e. The van der Waals surface area contributed by atoms with E-state index in [0.29, 0.717) is 18.1 Å². The zero-order valence-electron chi connectivity index (χ0n) is 15.1. The standard InChI is InChI=1S/C19H32N4/c1-14(2)23-12-15(3)18(13-23)21-17-8-10-22(11-9-17)19-7-5-6-16(4)20-19/h5-7,14-15,17-18,21H,8-13H2,1-4H3/t15-,18-/m1/s1. The second-order valence-electron chi connectivity index (χ2n) is 7.70. The lowest BCUT2D eigenvalue weighted by Gasteiger charge is -2.35. The number of pyridine rings is 1. The normalized spacial score (nSPS) is 27.1. The SMILES string of the molecule is Cc1cccc(N2CCC(N[C@@H]3CN(C(C)C)C[C@H]3C)CC2)n1. The van der Waals surface area contributed by atoms with Crippen molar-refractivity contribution in [3.05, 3.63) is 23.9 Å². The number of hydrogen-bond donors (Lipinski definition) is 1. The number of rotatable bonds is 4. The summed E-state index contributed by atoms with van der Waals surface area (Å²) in [6.07, 6.45) is 2.45. The molecule has 2 saturated heterocycles. The molecule has 4 nitrogen and oxygen atoms in total. The third kappa shape index (κ3) is 4.04. The number of nitrogens with zero attached hydrogens (tertiary/aromatic N) is 3. The van der Waals surface area contributed by atoms with Crippen LogP contribution in [0.2, 0.25) is 0 Å². The van der Waals surface area contributed by atoms with Crippen LogP contribution in [0, 0.1) is 12.8 Å². The highest BCUT2D eigenvalue weighted by Gasteiger charge is 2.32. The van der Waals surface area contributed by atoms with Gasteiger partial charge in [-0.1, -0.05) is 13.0 Å². The van der Waals surface area contributed by atoms with E-state index < -0.39 is 0 Å². The van der Waals surface area contributed by atoms with E-state index in [9.17, 15) is 0 Å². The van der Waals surface area contributed by atoms with E-state index in [4.69, 9.17) is 0 Å². The van der Waals surface area contributed by atoms with E-state index in [1.54, 1.807) is 0 Å². The Labute approximate surface area is 141 Å². The summed E-state index contributed by atoms with van der Waals surface area (Å²) >= 11 is 0. The molecule has 2 atom stereocenters. The fourth-order valence-electron chi connectivity index (χ4n) is 3.93. The molecule has 0 bridgehead atoms. The molecule has 4 heteroatoms. The Hall–Kier alpha value is -1.13. The summed E-state index contributed by atoms with van der Waals surface area (Å²) in [5, 5.41) is 3.95. The minimum Gasteiger partial charge on any atom is -0.356 e. The van der Waals surface area contributed by atoms with Crippen LogP contribution in [0.5, 0.6) is 0 Å². The first-order valence-corrected chi connectivity index (χ1v) is 9.21. The van der Waals surface area contributed by atoms with E-state index >= 15 is 0 Å². The number of aromatic nitrogens is 1. The molecule has 0 amide bonds. The van der Waals surface area contributed by atoms with Crippen molar-refractivity contribution in [2.24, 2.45) is 5.92 Å². The Bertz CT molecular complexity index is 508. The molecule has 1 aromatic rings. The molecule has 0 radical (unpaired) electrons. The van der Waals surface area contributed by atoms with E-state index in [2.05, 4.69) is 66.0 Å². The molecule has 0 saturated carbocycles. The smallest absolute Gasteiger partial charge is 0.128 e. The number of aryl methyl sites for hydroxylation is 1. The van der Waals surface area contributed by atoms with Crippen LogP contribution < -0.4 is 10.2 Å². The third-order valence-electron chi connectivity index (χ3n) is 5.51. The van der Waals surface area contributed by atoms with Crippen molar-refractivity contribution in [1.82, 2.24) is 15.2 Å². The van der Waals surface area contributed by atoms with Crippen LogP contribution in [-0.2, 0) is 0 Å². The van der Waals surface area contributed by atoms with Gasteiger partial charge in [-0.3, -0.25) is 4.90 Å². The van der Waals surface area contributed by atoms with E-state index in [-0.39, 0.29) is 0 Å². The average Bonchev–Trinajstić information content (AvgIpc) is 2.89. The molecule has 2 fully saturated rings. The summed E-state index contributed by atoms with van der Waals surface area (Å²) in [6.45, 7) is 13.8. The van der Waals surface area contributed by atoms with Gasteiger partial charge in [0, 0.05) is 50.0 Å². The van der Waals surface area contributed by atoms with Gasteiger partial charge in [-0.2, -0.15) is 0 Å². The van der Waals surface area contributed by atoms with Gasteiger partial charge in [0.15, 0.2) is 0 Å². The zero-order valence-corrected chi connectivity index (χ0v) is 15.1. The van der Waals surface area contributed by atoms with Crippen molar-refractivity contribution >= 4 is 5.82 Å². The first-order chi connectivity index (χ1) is 11.0. The van der Waals surface area contributed by atoms with Gasteiger partial charge < -0.3 is 10.2 Å². The highest BCUT2D eigenvalue weighted by Crippen LogP contribution is 2.22. The fraction of sp³-hybridized carbons (Fsp3) is 0.737. The summed E-state index contributed by atoms with van der Waals surface area (Å²) in [5.41, 5.74) is 1.11. The number of piperidine rings is 1. The number of anilines is 1. The van der Waals surface area contributed by atoms with Gasteiger partial charge in [0.05, 0.1) is 0 Å². The topological polar surface area (TPSA) is 31.4 Å². The molecule has 0 unspecified atom stereocenters. The van der Waals surface area contributed by atoms with E-state index in [0.717, 1.165) is 30.5 Å². The van der Waals surface area contributed by atoms with Crippen LogP contribution in [0.25, 0.3) is 0 Å². The van der Waals surface area contributed by atoms with E-state index in [1.807, 2.05) is 0 Å². The number of hydrogen-bond acceptors (Lipinski definition) is 4. The zero-order chi connectivity index (χ0) is 16.4. The molecule has 3 rings (SSSR count). The molecule has 0 aromatic carbocycles. The van der Waals surface area contributed by atoms with Crippen LogP contribution in [0.4, 0.5) is 5.82 Å². The molecule has 1 N–H and O–H groups in total. The van der Waals surface area contributed by atoms with Crippen molar-refractivity contribution in [2.45, 2.75) is 58.7 Å². The minimum atomic E-state index is 0.658. The molecule has 2 aliphatic rings. The lowest BCUT2D eigenvalue weighted by Crippen LogP contribution is -2.48. The van der Waals surface area contributed by atoms with Crippen molar-refractivity contribution < 1.29 is 0 Å². The second kappa shape index (κ2) is 7.18. The van der Waals surface area contributed by atoms with Crippen LogP contribution in [0.3, 0.4) is 0 Å². The molecular formula is C19H32N4. The first-order valence-electron chi connectivity index (χ1n) is 9.21. The van der Waals surface area contributed by atoms with E-state index in [1.165, 1.54) is 25.9 Å². The quantitative estimate of drug-likeness (QED) is 0.925. The maximum absolute atomic E-state index is 4.67. The van der Waals surface area contributed by atoms with Crippen molar-refractivity contribution in [1.29, 1.82) is 0 Å². The van der Waals surface area contributed by atoms with Gasteiger partial charge >= 0.3 is 0 Å².